The number of hydrogen-bond acceptors (Lipinski definition) is 3. The summed E-state index contributed by atoms with van der Waals surface area (Å²) in [6, 6.07) is 13.5. The van der Waals surface area contributed by atoms with Crippen molar-refractivity contribution in [2.45, 2.75) is 6.54 Å². The van der Waals surface area contributed by atoms with Crippen LogP contribution in [0.5, 0.6) is 5.75 Å². The summed E-state index contributed by atoms with van der Waals surface area (Å²) in [6.07, 6.45) is 1.43. The van der Waals surface area contributed by atoms with Crippen LogP contribution in [0.3, 0.4) is 0 Å². The number of carbonyl (C=O) groups excluding carboxylic acids is 1. The van der Waals surface area contributed by atoms with Crippen LogP contribution in [0.1, 0.15) is 15.9 Å². The molecule has 3 aromatic rings. The van der Waals surface area contributed by atoms with E-state index in [1.54, 1.807) is 30.3 Å². The molecule has 0 fully saturated rings. The molecule has 7 heteroatoms. The predicted octanol–water partition coefficient (Wildman–Crippen LogP) is 3.95. The van der Waals surface area contributed by atoms with E-state index in [-0.39, 0.29) is 23.5 Å². The van der Waals surface area contributed by atoms with Gasteiger partial charge in [0.25, 0.3) is 11.5 Å². The van der Waals surface area contributed by atoms with Gasteiger partial charge in [0.05, 0.1) is 24.9 Å². The molecule has 1 amide bonds. The van der Waals surface area contributed by atoms with Gasteiger partial charge in [-0.3, -0.25) is 9.59 Å². The Bertz CT molecular complexity index is 1050. The minimum absolute atomic E-state index is 0.151. The summed E-state index contributed by atoms with van der Waals surface area (Å²) in [5, 5.41) is 3.16. The number of amides is 1. The molecule has 0 atom stereocenters. The summed E-state index contributed by atoms with van der Waals surface area (Å²) in [6.45, 7) is 0.151. The predicted molar refractivity (Wildman–Crippen MR) is 102 cm³/mol. The van der Waals surface area contributed by atoms with Crippen LogP contribution in [-0.4, -0.2) is 17.6 Å². The first kappa shape index (κ1) is 18.7. The number of halogens is 2. The fourth-order valence-corrected chi connectivity index (χ4v) is 2.77. The summed E-state index contributed by atoms with van der Waals surface area (Å²) in [5.41, 5.74) is 1.01. The molecule has 0 aliphatic rings. The van der Waals surface area contributed by atoms with E-state index in [4.69, 9.17) is 16.3 Å². The Balaban J connectivity index is 1.86. The zero-order valence-corrected chi connectivity index (χ0v) is 15.2. The third-order valence-electron chi connectivity index (χ3n) is 3.90. The average Bonchev–Trinajstić information content (AvgIpc) is 2.64. The number of anilines is 1. The molecule has 0 unspecified atom stereocenters. The van der Waals surface area contributed by atoms with Gasteiger partial charge in [0, 0.05) is 17.3 Å². The number of carbonyl (C=O) groups is 1. The number of nitrogens with zero attached hydrogens (tertiary/aromatic N) is 1. The lowest BCUT2D eigenvalue weighted by Gasteiger charge is -2.12. The van der Waals surface area contributed by atoms with Crippen molar-refractivity contribution in [2.24, 2.45) is 0 Å². The minimum atomic E-state index is -0.427. The molecule has 138 valence electrons. The Hall–Kier alpha value is -3.12. The lowest BCUT2D eigenvalue weighted by Crippen LogP contribution is -2.22. The van der Waals surface area contributed by atoms with Crippen LogP contribution in [0, 0.1) is 5.82 Å². The van der Waals surface area contributed by atoms with Crippen LogP contribution in [0.2, 0.25) is 5.02 Å². The largest absolute Gasteiger partial charge is 0.495 e. The molecule has 5 nitrogen and oxygen atoms in total. The molecule has 0 aliphatic carbocycles. The van der Waals surface area contributed by atoms with Gasteiger partial charge in [-0.15, -0.1) is 0 Å². The van der Waals surface area contributed by atoms with E-state index in [9.17, 15) is 14.0 Å². The maximum atomic E-state index is 13.4. The average molecular weight is 387 g/mol. The maximum Gasteiger partial charge on any atom is 0.257 e. The Labute approximate surface area is 160 Å². The van der Waals surface area contributed by atoms with Gasteiger partial charge in [0.1, 0.15) is 11.6 Å². The van der Waals surface area contributed by atoms with E-state index in [1.165, 1.54) is 42.1 Å². The topological polar surface area (TPSA) is 60.3 Å². The first-order valence-electron chi connectivity index (χ1n) is 8.06. The lowest BCUT2D eigenvalue weighted by molar-refractivity contribution is 0.102. The second-order valence-electron chi connectivity index (χ2n) is 5.81. The molecule has 1 aromatic heterocycles. The lowest BCUT2D eigenvalue weighted by atomic mass is 10.2. The SMILES string of the molecule is COc1ccc(Cl)cc1NC(=O)c1ccc(=O)n(Cc2cccc(F)c2)c1. The van der Waals surface area contributed by atoms with Gasteiger partial charge in [0.15, 0.2) is 0 Å². The third kappa shape index (κ3) is 4.54. The number of nitrogens with one attached hydrogen (secondary N) is 1. The van der Waals surface area contributed by atoms with Gasteiger partial charge in [-0.2, -0.15) is 0 Å². The van der Waals surface area contributed by atoms with Crippen LogP contribution in [0.25, 0.3) is 0 Å². The number of hydrogen-bond donors (Lipinski definition) is 1. The first-order valence-corrected chi connectivity index (χ1v) is 8.44. The fourth-order valence-electron chi connectivity index (χ4n) is 2.59. The van der Waals surface area contributed by atoms with E-state index < -0.39 is 5.91 Å². The normalized spacial score (nSPS) is 10.5. The summed E-state index contributed by atoms with van der Waals surface area (Å²) >= 11 is 5.97. The van der Waals surface area contributed by atoms with Crippen LogP contribution >= 0.6 is 11.6 Å². The highest BCUT2D eigenvalue weighted by molar-refractivity contribution is 6.31. The van der Waals surface area contributed by atoms with Crippen LogP contribution in [0.4, 0.5) is 10.1 Å². The van der Waals surface area contributed by atoms with Crippen molar-refractivity contribution in [3.8, 4) is 5.75 Å². The third-order valence-corrected chi connectivity index (χ3v) is 4.13. The summed E-state index contributed by atoms with van der Waals surface area (Å²) < 4.78 is 19.9. The van der Waals surface area contributed by atoms with Gasteiger partial charge >= 0.3 is 0 Å². The van der Waals surface area contributed by atoms with Gasteiger partial charge in [0.2, 0.25) is 0 Å². The Kier molecular flexibility index (Phi) is 5.57. The van der Waals surface area contributed by atoms with Crippen LogP contribution in [-0.2, 0) is 6.54 Å². The number of benzene rings is 2. The molecule has 0 bridgehead atoms. The highest BCUT2D eigenvalue weighted by atomic mass is 35.5. The number of aromatic nitrogens is 1. The molecule has 0 saturated heterocycles. The number of rotatable bonds is 5. The number of pyridine rings is 1. The molecule has 0 aliphatic heterocycles. The summed E-state index contributed by atoms with van der Waals surface area (Å²) in [4.78, 5) is 24.7. The Morgan fingerprint density at radius 3 is 2.74 bits per heavy atom. The number of methoxy groups -OCH3 is 1. The molecule has 0 radical (unpaired) electrons. The van der Waals surface area contributed by atoms with Crippen molar-refractivity contribution in [3.63, 3.8) is 0 Å². The van der Waals surface area contributed by atoms with Gasteiger partial charge in [-0.1, -0.05) is 23.7 Å². The van der Waals surface area contributed by atoms with E-state index in [0.717, 1.165) is 0 Å². The first-order chi connectivity index (χ1) is 13.0. The molecular formula is C20H16ClFN2O3. The van der Waals surface area contributed by atoms with Gasteiger partial charge < -0.3 is 14.6 Å². The van der Waals surface area contributed by atoms with Gasteiger partial charge in [-0.05, 0) is 42.0 Å². The molecule has 27 heavy (non-hydrogen) atoms. The summed E-state index contributed by atoms with van der Waals surface area (Å²) in [5.74, 6) is -0.355. The fraction of sp³-hybridized carbons (Fsp3) is 0.100. The molecular weight excluding hydrogens is 371 g/mol. The molecule has 0 saturated carbocycles. The van der Waals surface area contributed by atoms with E-state index in [0.29, 0.717) is 22.0 Å². The molecule has 1 heterocycles. The van der Waals surface area contributed by atoms with Crippen molar-refractivity contribution in [1.82, 2.24) is 4.57 Å². The maximum absolute atomic E-state index is 13.4. The smallest absolute Gasteiger partial charge is 0.257 e. The highest BCUT2D eigenvalue weighted by Gasteiger charge is 2.12. The Morgan fingerprint density at radius 2 is 2.00 bits per heavy atom. The zero-order chi connectivity index (χ0) is 19.4. The second kappa shape index (κ2) is 8.05. The standard InChI is InChI=1S/C20H16ClFN2O3/c1-27-18-7-6-15(21)10-17(18)23-20(26)14-5-8-19(25)24(12-14)11-13-3-2-4-16(22)9-13/h2-10,12H,11H2,1H3,(H,23,26). The van der Waals surface area contributed by atoms with Crippen LogP contribution < -0.4 is 15.6 Å². The van der Waals surface area contributed by atoms with E-state index >= 15 is 0 Å². The zero-order valence-electron chi connectivity index (χ0n) is 14.4. The van der Waals surface area contributed by atoms with Crippen molar-refractivity contribution in [1.29, 1.82) is 0 Å². The van der Waals surface area contributed by atoms with E-state index in [1.807, 2.05) is 0 Å². The quantitative estimate of drug-likeness (QED) is 0.722. The molecule has 2 aromatic carbocycles. The van der Waals surface area contributed by atoms with Crippen molar-refractivity contribution in [3.05, 3.63) is 93.1 Å². The highest BCUT2D eigenvalue weighted by Crippen LogP contribution is 2.28. The Morgan fingerprint density at radius 1 is 1.19 bits per heavy atom. The second-order valence-corrected chi connectivity index (χ2v) is 6.25. The molecule has 0 spiro atoms. The van der Waals surface area contributed by atoms with Crippen LogP contribution in [0.15, 0.2) is 65.6 Å². The van der Waals surface area contributed by atoms with Crippen molar-refractivity contribution >= 4 is 23.2 Å². The van der Waals surface area contributed by atoms with Crippen molar-refractivity contribution < 1.29 is 13.9 Å². The van der Waals surface area contributed by atoms with E-state index in [2.05, 4.69) is 5.32 Å². The summed E-state index contributed by atoms with van der Waals surface area (Å²) in [7, 11) is 1.48. The molecule has 1 N–H and O–H groups in total. The van der Waals surface area contributed by atoms with Crippen molar-refractivity contribution in [2.75, 3.05) is 12.4 Å². The monoisotopic (exact) mass is 386 g/mol. The number of ether oxygens (including phenoxy) is 1. The van der Waals surface area contributed by atoms with Gasteiger partial charge in [-0.25, -0.2) is 4.39 Å². The molecule has 3 rings (SSSR count). The minimum Gasteiger partial charge on any atom is -0.495 e.